The highest BCUT2D eigenvalue weighted by Gasteiger charge is 2.39. The fraction of sp³-hybridized carbons (Fsp3) is 0.903. The quantitative estimate of drug-likeness (QED) is 0.341. The summed E-state index contributed by atoms with van der Waals surface area (Å²) in [6, 6.07) is 0. The molecular formula is C31H65N3O. The van der Waals surface area contributed by atoms with Gasteiger partial charge in [0, 0.05) is 44.1 Å². The Kier molecular flexibility index (Phi) is 20.2. The zero-order valence-electron chi connectivity index (χ0n) is 25.9. The van der Waals surface area contributed by atoms with Gasteiger partial charge in [0.25, 0.3) is 0 Å². The van der Waals surface area contributed by atoms with E-state index in [0.29, 0.717) is 23.2 Å². The lowest BCUT2D eigenvalue weighted by Gasteiger charge is -2.49. The minimum absolute atomic E-state index is 0.227. The molecule has 0 spiro atoms. The van der Waals surface area contributed by atoms with Crippen LogP contribution in [0.3, 0.4) is 0 Å². The van der Waals surface area contributed by atoms with Gasteiger partial charge in [-0.25, -0.2) is 0 Å². The van der Waals surface area contributed by atoms with Crippen LogP contribution in [0.25, 0.3) is 0 Å². The van der Waals surface area contributed by atoms with E-state index in [1.807, 2.05) is 34.6 Å². The number of carbonyl (C=O) groups excluding carboxylic acids is 1. The molecule has 4 nitrogen and oxygen atoms in total. The molecule has 0 radical (unpaired) electrons. The highest BCUT2D eigenvalue weighted by atomic mass is 16.1. The first-order valence-corrected chi connectivity index (χ1v) is 14.6. The fourth-order valence-electron chi connectivity index (χ4n) is 5.40. The van der Waals surface area contributed by atoms with E-state index in [0.717, 1.165) is 11.8 Å². The predicted molar refractivity (Wildman–Crippen MR) is 158 cm³/mol. The van der Waals surface area contributed by atoms with Gasteiger partial charge in [-0.2, -0.15) is 0 Å². The van der Waals surface area contributed by atoms with Gasteiger partial charge in [-0.1, -0.05) is 62.3 Å². The monoisotopic (exact) mass is 496 g/mol. The van der Waals surface area contributed by atoms with Crippen LogP contribution in [0.2, 0.25) is 0 Å². The maximum absolute atomic E-state index is 10.5. The van der Waals surface area contributed by atoms with Crippen LogP contribution in [0.5, 0.6) is 0 Å². The smallest absolute Gasteiger partial charge is 0.135 e. The number of Topliss-reactive ketones (excluding diaryl/α,β-unsaturated/α-hetero) is 1. The van der Waals surface area contributed by atoms with Crippen molar-refractivity contribution in [3.63, 3.8) is 0 Å². The number of nitrogens with zero attached hydrogens (tertiary/aromatic N) is 2. The van der Waals surface area contributed by atoms with Crippen molar-refractivity contribution in [3.05, 3.63) is 13.2 Å². The number of piperidine rings is 1. The minimum Gasteiger partial charge on any atom is -0.317 e. The molecule has 0 aromatic heterocycles. The molecule has 0 atom stereocenters. The highest BCUT2D eigenvalue weighted by Crippen LogP contribution is 2.41. The lowest BCUT2D eigenvalue weighted by Crippen LogP contribution is -2.56. The summed E-state index contributed by atoms with van der Waals surface area (Å²) in [5, 5.41) is 3.52. The molecule has 1 N–H and O–H groups in total. The van der Waals surface area contributed by atoms with Crippen molar-refractivity contribution in [2.45, 2.75) is 114 Å². The second kappa shape index (κ2) is 19.4. The Morgan fingerprint density at radius 2 is 1.43 bits per heavy atom. The van der Waals surface area contributed by atoms with E-state index in [9.17, 15) is 4.79 Å². The van der Waals surface area contributed by atoms with Crippen molar-refractivity contribution < 1.29 is 4.79 Å². The van der Waals surface area contributed by atoms with Crippen molar-refractivity contribution in [2.24, 2.45) is 23.2 Å². The van der Waals surface area contributed by atoms with Gasteiger partial charge < -0.3 is 10.2 Å². The number of carbonyl (C=O) groups is 1. The first-order valence-electron chi connectivity index (χ1n) is 14.6. The molecule has 2 aliphatic heterocycles. The van der Waals surface area contributed by atoms with Gasteiger partial charge in [-0.05, 0) is 76.4 Å². The summed E-state index contributed by atoms with van der Waals surface area (Å²) in [6.07, 6.45) is 6.04. The van der Waals surface area contributed by atoms with Crippen LogP contribution in [0.15, 0.2) is 13.2 Å². The van der Waals surface area contributed by atoms with Crippen LogP contribution in [0.4, 0.5) is 0 Å². The van der Waals surface area contributed by atoms with E-state index in [1.54, 1.807) is 0 Å². The SMILES string of the molecule is C=C.CC.CC(C)CCN1CCN(C(C)(C)CC(C)(C)C2CCNCC2)CC1.CCC(=O)C(C)C. The van der Waals surface area contributed by atoms with Gasteiger partial charge in [0.2, 0.25) is 0 Å². The van der Waals surface area contributed by atoms with E-state index in [1.165, 1.54) is 71.5 Å². The second-order valence-electron chi connectivity index (χ2n) is 12.0. The normalized spacial score (nSPS) is 18.1. The molecule has 0 aliphatic carbocycles. The van der Waals surface area contributed by atoms with Gasteiger partial charge in [0.05, 0.1) is 0 Å². The first kappa shape index (κ1) is 36.4. The molecule has 0 bridgehead atoms. The predicted octanol–water partition coefficient (Wildman–Crippen LogP) is 7.29. The van der Waals surface area contributed by atoms with Crippen molar-refractivity contribution in [1.82, 2.24) is 15.1 Å². The van der Waals surface area contributed by atoms with E-state index in [4.69, 9.17) is 0 Å². The number of ketones is 1. The summed E-state index contributed by atoms with van der Waals surface area (Å²) in [5.74, 6) is 2.28. The Morgan fingerprint density at radius 3 is 1.80 bits per heavy atom. The molecule has 2 fully saturated rings. The molecule has 2 aliphatic rings. The fourth-order valence-corrected chi connectivity index (χ4v) is 5.40. The van der Waals surface area contributed by atoms with Crippen LogP contribution in [0, 0.1) is 23.2 Å². The standard InChI is InChI=1S/C21H43N3.C6H12O.C2H6.C2H4/c1-18(2)9-12-23-13-15-24(16-14-23)21(5,6)17-20(3,4)19-7-10-22-11-8-19;1-4-6(7)5(2)3;2*1-2/h18-19,22H,7-17H2,1-6H3;5H,4H2,1-3H3;1-2H3;1-2H2. The van der Waals surface area contributed by atoms with Crippen LogP contribution >= 0.6 is 0 Å². The molecule has 210 valence electrons. The first-order chi connectivity index (χ1) is 16.4. The van der Waals surface area contributed by atoms with Crippen molar-refractivity contribution in [1.29, 1.82) is 0 Å². The molecule has 0 aromatic carbocycles. The highest BCUT2D eigenvalue weighted by molar-refractivity contribution is 5.79. The number of nitrogens with one attached hydrogen (secondary N) is 1. The van der Waals surface area contributed by atoms with Crippen molar-refractivity contribution in [3.8, 4) is 0 Å². The molecule has 0 unspecified atom stereocenters. The minimum atomic E-state index is 0.227. The molecule has 2 saturated heterocycles. The molecule has 2 heterocycles. The summed E-state index contributed by atoms with van der Waals surface area (Å²) in [6.45, 7) is 39.1. The average molecular weight is 496 g/mol. The number of hydrogen-bond acceptors (Lipinski definition) is 4. The summed E-state index contributed by atoms with van der Waals surface area (Å²) >= 11 is 0. The van der Waals surface area contributed by atoms with Gasteiger partial charge in [-0.15, -0.1) is 13.2 Å². The lowest BCUT2D eigenvalue weighted by atomic mass is 9.67. The Balaban J connectivity index is 0. The van der Waals surface area contributed by atoms with Crippen LogP contribution in [0.1, 0.15) is 108 Å². The Hall–Kier alpha value is -0.710. The van der Waals surface area contributed by atoms with Gasteiger partial charge in [0.1, 0.15) is 5.78 Å². The summed E-state index contributed by atoms with van der Waals surface area (Å²) in [5.41, 5.74) is 0.763. The lowest BCUT2D eigenvalue weighted by molar-refractivity contribution is -0.121. The molecule has 0 amide bonds. The molecular weight excluding hydrogens is 430 g/mol. The average Bonchev–Trinajstić information content (AvgIpc) is 2.85. The topological polar surface area (TPSA) is 35.6 Å². The number of piperazine rings is 1. The Bertz CT molecular complexity index is 513. The molecule has 2 rings (SSSR count). The third kappa shape index (κ3) is 15.2. The second-order valence-corrected chi connectivity index (χ2v) is 12.0. The van der Waals surface area contributed by atoms with E-state index in [2.05, 4.69) is 69.8 Å². The molecule has 35 heavy (non-hydrogen) atoms. The van der Waals surface area contributed by atoms with Crippen LogP contribution in [-0.2, 0) is 4.79 Å². The summed E-state index contributed by atoms with van der Waals surface area (Å²) in [7, 11) is 0. The maximum Gasteiger partial charge on any atom is 0.135 e. The van der Waals surface area contributed by atoms with E-state index in [-0.39, 0.29) is 5.92 Å². The van der Waals surface area contributed by atoms with Gasteiger partial charge >= 0.3 is 0 Å². The summed E-state index contributed by atoms with van der Waals surface area (Å²) < 4.78 is 0. The van der Waals surface area contributed by atoms with E-state index < -0.39 is 0 Å². The van der Waals surface area contributed by atoms with Gasteiger partial charge in [-0.3, -0.25) is 9.69 Å². The zero-order valence-corrected chi connectivity index (χ0v) is 25.9. The number of hydrogen-bond donors (Lipinski definition) is 1. The summed E-state index contributed by atoms with van der Waals surface area (Å²) in [4.78, 5) is 15.9. The third-order valence-corrected chi connectivity index (χ3v) is 7.58. The molecule has 0 saturated carbocycles. The zero-order chi connectivity index (χ0) is 27.7. The molecule has 0 aromatic rings. The Morgan fingerprint density at radius 1 is 0.943 bits per heavy atom. The molecule has 4 heteroatoms. The Labute approximate surface area is 221 Å². The van der Waals surface area contributed by atoms with E-state index >= 15 is 0 Å². The van der Waals surface area contributed by atoms with Crippen molar-refractivity contribution >= 4 is 5.78 Å². The third-order valence-electron chi connectivity index (χ3n) is 7.58. The number of rotatable bonds is 9. The maximum atomic E-state index is 10.5. The van der Waals surface area contributed by atoms with Crippen LogP contribution < -0.4 is 5.32 Å². The van der Waals surface area contributed by atoms with Gasteiger partial charge in [0.15, 0.2) is 0 Å². The van der Waals surface area contributed by atoms with Crippen molar-refractivity contribution in [2.75, 3.05) is 45.8 Å². The van der Waals surface area contributed by atoms with Crippen LogP contribution in [-0.4, -0.2) is 66.9 Å². The largest absolute Gasteiger partial charge is 0.317 e.